The van der Waals surface area contributed by atoms with Gasteiger partial charge in [0.25, 0.3) is 5.91 Å². The molecule has 1 aromatic carbocycles. The van der Waals surface area contributed by atoms with Crippen LogP contribution >= 0.6 is 11.3 Å². The molecular formula is C17H19NO4S. The van der Waals surface area contributed by atoms with Crippen molar-refractivity contribution < 1.29 is 19.4 Å². The summed E-state index contributed by atoms with van der Waals surface area (Å²) in [6, 6.07) is 5.78. The molecule has 6 heteroatoms. The zero-order chi connectivity index (χ0) is 16.6. The molecule has 1 aliphatic rings. The molecule has 5 nitrogen and oxygen atoms in total. The molecule has 1 atom stereocenters. The highest BCUT2D eigenvalue weighted by Gasteiger charge is 2.30. The smallest absolute Gasteiger partial charge is 0.308 e. The van der Waals surface area contributed by atoms with Crippen LogP contribution in [0, 0.1) is 12.8 Å². The van der Waals surface area contributed by atoms with Crippen LogP contribution in [0.1, 0.15) is 28.1 Å². The van der Waals surface area contributed by atoms with E-state index in [1.807, 2.05) is 25.1 Å². The highest BCUT2D eigenvalue weighted by Crippen LogP contribution is 2.34. The standard InChI is InChI=1S/C17H19NO4S/c1-10-13-8-12(22-2)5-6-14(13)23-15(10)16(19)18-7-3-4-11(9-18)17(20)21/h5-6,8,11H,3-4,7,9H2,1-2H3,(H,20,21). The number of carbonyl (C=O) groups excluding carboxylic acids is 1. The van der Waals surface area contributed by atoms with Crippen LogP contribution in [0.3, 0.4) is 0 Å². The third-order valence-corrected chi connectivity index (χ3v) is 5.66. The molecule has 1 N–H and O–H groups in total. The first-order valence-corrected chi connectivity index (χ1v) is 8.42. The van der Waals surface area contributed by atoms with Gasteiger partial charge in [-0.05, 0) is 48.9 Å². The van der Waals surface area contributed by atoms with Crippen LogP contribution in [0.25, 0.3) is 10.1 Å². The Balaban J connectivity index is 1.91. The van der Waals surface area contributed by atoms with Crippen molar-refractivity contribution in [3.8, 4) is 5.75 Å². The van der Waals surface area contributed by atoms with Crippen molar-refractivity contribution >= 4 is 33.3 Å². The molecule has 1 saturated heterocycles. The number of methoxy groups -OCH3 is 1. The highest BCUT2D eigenvalue weighted by molar-refractivity contribution is 7.21. The lowest BCUT2D eigenvalue weighted by Gasteiger charge is -2.30. The third kappa shape index (κ3) is 2.91. The van der Waals surface area contributed by atoms with E-state index in [1.165, 1.54) is 11.3 Å². The second kappa shape index (κ2) is 6.20. The fraction of sp³-hybridized carbons (Fsp3) is 0.412. The van der Waals surface area contributed by atoms with Crippen molar-refractivity contribution in [3.05, 3.63) is 28.6 Å². The van der Waals surface area contributed by atoms with Crippen molar-refractivity contribution in [2.75, 3.05) is 20.2 Å². The van der Waals surface area contributed by atoms with E-state index in [1.54, 1.807) is 12.0 Å². The first-order chi connectivity index (χ1) is 11.0. The highest BCUT2D eigenvalue weighted by atomic mass is 32.1. The quantitative estimate of drug-likeness (QED) is 0.937. The van der Waals surface area contributed by atoms with E-state index in [0.717, 1.165) is 27.8 Å². The number of thiophene rings is 1. The molecule has 0 bridgehead atoms. The van der Waals surface area contributed by atoms with Crippen LogP contribution in [0.2, 0.25) is 0 Å². The Kier molecular flexibility index (Phi) is 4.26. The van der Waals surface area contributed by atoms with E-state index in [9.17, 15) is 14.7 Å². The Morgan fingerprint density at radius 1 is 1.39 bits per heavy atom. The zero-order valence-corrected chi connectivity index (χ0v) is 14.0. The number of fused-ring (bicyclic) bond motifs is 1. The van der Waals surface area contributed by atoms with Gasteiger partial charge in [-0.25, -0.2) is 0 Å². The van der Waals surface area contributed by atoms with Crippen LogP contribution in [0.4, 0.5) is 0 Å². The van der Waals surface area contributed by atoms with Crippen molar-refractivity contribution in [1.82, 2.24) is 4.90 Å². The lowest BCUT2D eigenvalue weighted by molar-refractivity contribution is -0.143. The van der Waals surface area contributed by atoms with E-state index >= 15 is 0 Å². The van der Waals surface area contributed by atoms with E-state index < -0.39 is 11.9 Å². The Hall–Kier alpha value is -2.08. The molecule has 23 heavy (non-hydrogen) atoms. The SMILES string of the molecule is COc1ccc2sc(C(=O)N3CCCC(C(=O)O)C3)c(C)c2c1. The summed E-state index contributed by atoms with van der Waals surface area (Å²) in [5, 5.41) is 10.2. The van der Waals surface area contributed by atoms with E-state index in [4.69, 9.17) is 4.74 Å². The minimum atomic E-state index is -0.819. The number of piperidine rings is 1. The van der Waals surface area contributed by atoms with E-state index in [-0.39, 0.29) is 5.91 Å². The summed E-state index contributed by atoms with van der Waals surface area (Å²) in [6.07, 6.45) is 1.38. The maximum absolute atomic E-state index is 12.8. The number of hydrogen-bond donors (Lipinski definition) is 1. The molecule has 1 fully saturated rings. The van der Waals surface area contributed by atoms with E-state index in [0.29, 0.717) is 24.4 Å². The second-order valence-corrected chi connectivity index (χ2v) is 6.90. The third-order valence-electron chi connectivity index (χ3n) is 4.40. The number of hydrogen-bond acceptors (Lipinski definition) is 4. The van der Waals surface area contributed by atoms with Crippen LogP contribution in [-0.2, 0) is 4.79 Å². The number of likely N-dealkylation sites (tertiary alicyclic amines) is 1. The Morgan fingerprint density at radius 3 is 2.87 bits per heavy atom. The van der Waals surface area contributed by atoms with E-state index in [2.05, 4.69) is 0 Å². The summed E-state index contributed by atoms with van der Waals surface area (Å²) in [5.74, 6) is -0.572. The molecule has 2 heterocycles. The predicted octanol–water partition coefficient (Wildman–Crippen LogP) is 3.16. The van der Waals surface area contributed by atoms with Crippen LogP contribution in [0.15, 0.2) is 18.2 Å². The predicted molar refractivity (Wildman–Crippen MR) is 89.4 cm³/mol. The van der Waals surface area contributed by atoms with Gasteiger partial charge in [-0.2, -0.15) is 0 Å². The number of carboxylic acid groups (broad SMARTS) is 1. The monoisotopic (exact) mass is 333 g/mol. The Labute approximate surface area is 138 Å². The Morgan fingerprint density at radius 2 is 2.17 bits per heavy atom. The van der Waals surface area contributed by atoms with Gasteiger partial charge in [0, 0.05) is 17.8 Å². The van der Waals surface area contributed by atoms with Crippen LogP contribution in [-0.4, -0.2) is 42.1 Å². The summed E-state index contributed by atoms with van der Waals surface area (Å²) in [6.45, 7) is 2.86. The average molecular weight is 333 g/mol. The number of nitrogens with zero attached hydrogens (tertiary/aromatic N) is 1. The molecule has 1 unspecified atom stereocenters. The number of aliphatic carboxylic acids is 1. The van der Waals surface area contributed by atoms with Crippen LogP contribution in [0.5, 0.6) is 5.75 Å². The molecule has 0 radical (unpaired) electrons. The maximum Gasteiger partial charge on any atom is 0.308 e. The maximum atomic E-state index is 12.8. The van der Waals surface area contributed by atoms with Gasteiger partial charge in [-0.15, -0.1) is 11.3 Å². The number of aryl methyl sites for hydroxylation is 1. The van der Waals surface area contributed by atoms with Gasteiger partial charge in [0.2, 0.25) is 0 Å². The molecule has 0 spiro atoms. The van der Waals surface area contributed by atoms with Crippen molar-refractivity contribution in [3.63, 3.8) is 0 Å². The van der Waals surface area contributed by atoms with Gasteiger partial charge >= 0.3 is 5.97 Å². The van der Waals surface area contributed by atoms with Gasteiger partial charge in [0.1, 0.15) is 5.75 Å². The minimum absolute atomic E-state index is 0.0615. The van der Waals surface area contributed by atoms with Gasteiger partial charge in [-0.3, -0.25) is 9.59 Å². The first-order valence-electron chi connectivity index (χ1n) is 7.60. The normalized spacial score (nSPS) is 18.2. The molecule has 1 amide bonds. The minimum Gasteiger partial charge on any atom is -0.497 e. The molecule has 0 saturated carbocycles. The van der Waals surface area contributed by atoms with Gasteiger partial charge in [0.15, 0.2) is 0 Å². The number of rotatable bonds is 3. The molecule has 122 valence electrons. The molecule has 3 rings (SSSR count). The molecule has 2 aromatic rings. The topological polar surface area (TPSA) is 66.8 Å². The summed E-state index contributed by atoms with van der Waals surface area (Å²) in [7, 11) is 1.62. The summed E-state index contributed by atoms with van der Waals surface area (Å²) < 4.78 is 6.29. The average Bonchev–Trinajstić information content (AvgIpc) is 2.90. The number of ether oxygens (including phenoxy) is 1. The van der Waals surface area contributed by atoms with Crippen molar-refractivity contribution in [2.45, 2.75) is 19.8 Å². The number of benzene rings is 1. The number of carbonyl (C=O) groups is 2. The Bertz CT molecular complexity index is 767. The zero-order valence-electron chi connectivity index (χ0n) is 13.2. The van der Waals surface area contributed by atoms with Crippen LogP contribution < -0.4 is 4.74 Å². The summed E-state index contributed by atoms with van der Waals surface area (Å²) in [4.78, 5) is 26.4. The largest absolute Gasteiger partial charge is 0.497 e. The van der Waals surface area contributed by atoms with Crippen molar-refractivity contribution in [1.29, 1.82) is 0 Å². The lowest BCUT2D eigenvalue weighted by Crippen LogP contribution is -2.42. The molecule has 1 aromatic heterocycles. The fourth-order valence-electron chi connectivity index (χ4n) is 3.04. The van der Waals surface area contributed by atoms with Crippen molar-refractivity contribution in [2.24, 2.45) is 5.92 Å². The molecule has 1 aliphatic heterocycles. The number of amides is 1. The second-order valence-electron chi connectivity index (χ2n) is 5.85. The molecular weight excluding hydrogens is 314 g/mol. The fourth-order valence-corrected chi connectivity index (χ4v) is 4.20. The van der Waals surface area contributed by atoms with Gasteiger partial charge in [-0.1, -0.05) is 0 Å². The summed E-state index contributed by atoms with van der Waals surface area (Å²) in [5.41, 5.74) is 0.936. The lowest BCUT2D eigenvalue weighted by atomic mass is 9.98. The number of carboxylic acids is 1. The first kappa shape index (κ1) is 15.8. The van der Waals surface area contributed by atoms with Gasteiger partial charge < -0.3 is 14.7 Å². The summed E-state index contributed by atoms with van der Waals surface area (Å²) >= 11 is 1.46. The molecule has 0 aliphatic carbocycles. The van der Waals surface area contributed by atoms with Gasteiger partial charge in [0.05, 0.1) is 17.9 Å².